The Morgan fingerprint density at radius 1 is 1.15 bits per heavy atom. The van der Waals surface area contributed by atoms with Crippen molar-refractivity contribution in [3.05, 3.63) is 58.2 Å². The fraction of sp³-hybridized carbons (Fsp3) is 0.214. The Bertz CT molecular complexity index is 451. The molecule has 0 aliphatic rings. The maximum atomic E-state index is 10.9. The number of aromatic nitrogens is 2. The fourth-order valence-corrected chi connectivity index (χ4v) is 1.35. The molecule has 2 heterocycles. The molecule has 0 saturated carbocycles. The van der Waals surface area contributed by atoms with Crippen molar-refractivity contribution >= 4 is 28.5 Å². The molecule has 0 saturated heterocycles. The molecule has 110 valence electrons. The summed E-state index contributed by atoms with van der Waals surface area (Å²) in [4.78, 5) is 18.5. The quantitative estimate of drug-likeness (QED) is 0.735. The molecule has 2 rings (SSSR count). The summed E-state index contributed by atoms with van der Waals surface area (Å²) in [6, 6.07) is 7.37. The van der Waals surface area contributed by atoms with E-state index in [1.54, 1.807) is 31.6 Å². The Morgan fingerprint density at radius 2 is 1.70 bits per heavy atom. The average Bonchev–Trinajstić information content (AvgIpc) is 2.51. The number of hydrogen-bond donors (Lipinski definition) is 2. The van der Waals surface area contributed by atoms with Crippen molar-refractivity contribution in [3.63, 3.8) is 0 Å². The van der Waals surface area contributed by atoms with Gasteiger partial charge in [0, 0.05) is 35.4 Å². The molecular formula is C14H21IN4O. The lowest BCUT2D eigenvalue weighted by Gasteiger charge is -1.95. The average molecular weight is 388 g/mol. The Balaban J connectivity index is 0. The van der Waals surface area contributed by atoms with Crippen molar-refractivity contribution < 1.29 is 4.79 Å². The molecule has 0 spiro atoms. The Morgan fingerprint density at radius 3 is 2.00 bits per heavy atom. The Hall–Kier alpha value is -1.54. The third kappa shape index (κ3) is 9.40. The molecule has 0 radical (unpaired) electrons. The number of pyridine rings is 2. The maximum Gasteiger partial charge on any atom is 0.252 e. The molecule has 5 nitrogen and oxygen atoms in total. The molecule has 6 heteroatoms. The molecule has 0 fully saturated rings. The standard InChI is InChI=1S/C7H8N2O.C5H4IN.CH5N.CH4/c1-8-7(10)6-3-2-4-9-5-6;6-5-2-1-3-7-4-5;1-2;/h2-5H,1H3,(H,8,10);1-4H;2H2,1H3;1H4. The van der Waals surface area contributed by atoms with Crippen LogP contribution in [0.1, 0.15) is 17.8 Å². The SMILES string of the molecule is C.CN.CNC(=O)c1cccnc1.Ic1cccnc1. The summed E-state index contributed by atoms with van der Waals surface area (Å²) in [5, 5.41) is 2.50. The summed E-state index contributed by atoms with van der Waals surface area (Å²) in [5.74, 6) is -0.104. The van der Waals surface area contributed by atoms with Gasteiger partial charge < -0.3 is 11.1 Å². The topological polar surface area (TPSA) is 80.9 Å². The molecule has 2 aromatic heterocycles. The first-order chi connectivity index (χ1) is 9.24. The van der Waals surface area contributed by atoms with E-state index in [0.717, 1.165) is 0 Å². The number of carbonyl (C=O) groups excluding carboxylic acids is 1. The molecule has 3 N–H and O–H groups in total. The third-order valence-corrected chi connectivity index (χ3v) is 2.41. The minimum Gasteiger partial charge on any atom is -0.355 e. The van der Waals surface area contributed by atoms with E-state index in [0.29, 0.717) is 5.56 Å². The first kappa shape index (κ1) is 20.8. The summed E-state index contributed by atoms with van der Waals surface area (Å²) >= 11 is 2.22. The van der Waals surface area contributed by atoms with Gasteiger partial charge in [0.15, 0.2) is 0 Å². The third-order valence-electron chi connectivity index (χ3n) is 1.78. The number of nitrogens with two attached hydrogens (primary N) is 1. The molecule has 20 heavy (non-hydrogen) atoms. The van der Waals surface area contributed by atoms with Crippen LogP contribution in [0.2, 0.25) is 0 Å². The highest BCUT2D eigenvalue weighted by molar-refractivity contribution is 14.1. The van der Waals surface area contributed by atoms with Gasteiger partial charge in [-0.25, -0.2) is 0 Å². The molecule has 0 aromatic carbocycles. The molecule has 0 atom stereocenters. The number of rotatable bonds is 1. The molecule has 0 unspecified atom stereocenters. The second-order valence-electron chi connectivity index (χ2n) is 2.99. The minimum atomic E-state index is -0.104. The normalized spacial score (nSPS) is 7.80. The second kappa shape index (κ2) is 13.9. The zero-order valence-electron chi connectivity index (χ0n) is 10.9. The number of amides is 1. The van der Waals surface area contributed by atoms with Gasteiger partial charge in [-0.15, -0.1) is 0 Å². The van der Waals surface area contributed by atoms with Gasteiger partial charge in [0.25, 0.3) is 5.91 Å². The van der Waals surface area contributed by atoms with E-state index in [1.807, 2.05) is 18.3 Å². The van der Waals surface area contributed by atoms with Crippen LogP contribution in [0.4, 0.5) is 0 Å². The molecule has 1 amide bonds. The summed E-state index contributed by atoms with van der Waals surface area (Å²) in [6.07, 6.45) is 6.74. The number of carbonyl (C=O) groups is 1. The molecular weight excluding hydrogens is 367 g/mol. The van der Waals surface area contributed by atoms with Gasteiger partial charge in [0.1, 0.15) is 0 Å². The number of nitrogens with one attached hydrogen (secondary N) is 1. The van der Waals surface area contributed by atoms with E-state index < -0.39 is 0 Å². The van der Waals surface area contributed by atoms with Gasteiger partial charge in [-0.2, -0.15) is 0 Å². The van der Waals surface area contributed by atoms with Gasteiger partial charge >= 0.3 is 0 Å². The highest BCUT2D eigenvalue weighted by Crippen LogP contribution is 1.97. The predicted octanol–water partition coefficient (Wildman–Crippen LogP) is 2.34. The van der Waals surface area contributed by atoms with Crippen LogP contribution in [0.3, 0.4) is 0 Å². The zero-order chi connectivity index (χ0) is 14.5. The van der Waals surface area contributed by atoms with Crippen molar-refractivity contribution in [1.82, 2.24) is 15.3 Å². The van der Waals surface area contributed by atoms with E-state index in [4.69, 9.17) is 0 Å². The lowest BCUT2D eigenvalue weighted by Crippen LogP contribution is -2.17. The minimum absolute atomic E-state index is 0. The number of hydrogen-bond acceptors (Lipinski definition) is 4. The van der Waals surface area contributed by atoms with Crippen LogP contribution in [-0.2, 0) is 0 Å². The van der Waals surface area contributed by atoms with Crippen LogP contribution in [0.25, 0.3) is 0 Å². The summed E-state index contributed by atoms with van der Waals surface area (Å²) in [6.45, 7) is 0. The monoisotopic (exact) mass is 388 g/mol. The van der Waals surface area contributed by atoms with Gasteiger partial charge in [0.05, 0.1) is 5.56 Å². The smallest absolute Gasteiger partial charge is 0.252 e. The largest absolute Gasteiger partial charge is 0.355 e. The van der Waals surface area contributed by atoms with Crippen molar-refractivity contribution in [2.24, 2.45) is 5.73 Å². The van der Waals surface area contributed by atoms with Crippen LogP contribution in [0.5, 0.6) is 0 Å². The highest BCUT2D eigenvalue weighted by atomic mass is 127. The van der Waals surface area contributed by atoms with Gasteiger partial charge in [-0.1, -0.05) is 7.43 Å². The van der Waals surface area contributed by atoms with E-state index in [1.165, 1.54) is 16.8 Å². The zero-order valence-corrected chi connectivity index (χ0v) is 13.0. The fourth-order valence-electron chi connectivity index (χ4n) is 0.983. The van der Waals surface area contributed by atoms with Gasteiger partial charge in [-0.05, 0) is 53.9 Å². The van der Waals surface area contributed by atoms with Crippen molar-refractivity contribution in [2.75, 3.05) is 14.1 Å². The predicted molar refractivity (Wildman–Crippen MR) is 91.4 cm³/mol. The number of nitrogens with zero attached hydrogens (tertiary/aromatic N) is 2. The number of halogens is 1. The van der Waals surface area contributed by atoms with E-state index in [2.05, 4.69) is 43.6 Å². The lowest BCUT2D eigenvalue weighted by atomic mass is 10.3. The molecule has 0 aliphatic carbocycles. The van der Waals surface area contributed by atoms with Crippen molar-refractivity contribution in [1.29, 1.82) is 0 Å². The van der Waals surface area contributed by atoms with Gasteiger partial charge in [-0.3, -0.25) is 14.8 Å². The van der Waals surface area contributed by atoms with Crippen LogP contribution in [-0.4, -0.2) is 30.0 Å². The molecule has 0 bridgehead atoms. The summed E-state index contributed by atoms with van der Waals surface area (Å²) in [7, 11) is 3.09. The molecule has 2 aromatic rings. The van der Waals surface area contributed by atoms with Crippen LogP contribution < -0.4 is 11.1 Å². The Labute approximate surface area is 134 Å². The van der Waals surface area contributed by atoms with Crippen molar-refractivity contribution in [2.45, 2.75) is 7.43 Å². The second-order valence-corrected chi connectivity index (χ2v) is 4.24. The highest BCUT2D eigenvalue weighted by Gasteiger charge is 1.98. The van der Waals surface area contributed by atoms with E-state index >= 15 is 0 Å². The van der Waals surface area contributed by atoms with Crippen LogP contribution in [0.15, 0.2) is 49.1 Å². The first-order valence-corrected chi connectivity index (χ1v) is 6.57. The summed E-state index contributed by atoms with van der Waals surface area (Å²) in [5.41, 5.74) is 5.09. The lowest BCUT2D eigenvalue weighted by molar-refractivity contribution is 0.0962. The van der Waals surface area contributed by atoms with Crippen LogP contribution >= 0.6 is 22.6 Å². The first-order valence-electron chi connectivity index (χ1n) is 5.49. The van der Waals surface area contributed by atoms with E-state index in [9.17, 15) is 4.79 Å². The maximum absolute atomic E-state index is 10.9. The summed E-state index contributed by atoms with van der Waals surface area (Å²) < 4.78 is 1.18. The molecule has 0 aliphatic heterocycles. The van der Waals surface area contributed by atoms with Crippen LogP contribution in [0, 0.1) is 3.57 Å². The van der Waals surface area contributed by atoms with Gasteiger partial charge in [0.2, 0.25) is 0 Å². The van der Waals surface area contributed by atoms with Crippen molar-refractivity contribution in [3.8, 4) is 0 Å². The Kier molecular flexibility index (Phi) is 14.4. The van der Waals surface area contributed by atoms with E-state index in [-0.39, 0.29) is 13.3 Å².